The third-order valence-corrected chi connectivity index (χ3v) is 4.72. The van der Waals surface area contributed by atoms with E-state index in [0.29, 0.717) is 18.6 Å². The van der Waals surface area contributed by atoms with Crippen molar-refractivity contribution in [3.05, 3.63) is 40.9 Å². The second-order valence-electron chi connectivity index (χ2n) is 5.87. The number of rotatable bonds is 5. The molecule has 0 saturated carbocycles. The number of halogens is 1. The van der Waals surface area contributed by atoms with E-state index < -0.39 is 6.10 Å². The Bertz CT molecular complexity index is 619. The number of ether oxygens (including phenoxy) is 1. The number of carbonyl (C=O) groups is 2. The zero-order chi connectivity index (χ0) is 16.4. The van der Waals surface area contributed by atoms with Gasteiger partial charge in [0.25, 0.3) is 0 Å². The number of amides is 2. The summed E-state index contributed by atoms with van der Waals surface area (Å²) < 4.78 is 6.39. The van der Waals surface area contributed by atoms with Gasteiger partial charge in [0, 0.05) is 4.47 Å². The fourth-order valence-corrected chi connectivity index (χ4v) is 3.44. The lowest BCUT2D eigenvalue weighted by Crippen LogP contribution is -2.40. The molecule has 6 heteroatoms. The summed E-state index contributed by atoms with van der Waals surface area (Å²) in [6.45, 7) is 0.0137. The van der Waals surface area contributed by atoms with E-state index in [2.05, 4.69) is 15.9 Å². The first kappa shape index (κ1) is 16.2. The minimum absolute atomic E-state index is 0.0152. The highest BCUT2D eigenvalue weighted by Gasteiger charge is 2.47. The van der Waals surface area contributed by atoms with E-state index in [-0.39, 0.29) is 36.8 Å². The van der Waals surface area contributed by atoms with Crippen LogP contribution in [-0.4, -0.2) is 41.1 Å². The molecular weight excluding hydrogens is 362 g/mol. The first-order valence-corrected chi connectivity index (χ1v) is 8.42. The molecule has 1 saturated heterocycles. The fraction of sp³-hybridized carbons (Fsp3) is 0.412. The van der Waals surface area contributed by atoms with Crippen LogP contribution in [0, 0.1) is 11.8 Å². The van der Waals surface area contributed by atoms with Crippen LogP contribution in [0.2, 0.25) is 0 Å². The highest BCUT2D eigenvalue weighted by molar-refractivity contribution is 9.10. The SMILES string of the molecule is O=C1C2CC=CCC2C(=O)N1CC(O)COc1cccc(Br)c1. The van der Waals surface area contributed by atoms with E-state index in [1.807, 2.05) is 24.3 Å². The van der Waals surface area contributed by atoms with Gasteiger partial charge in [-0.25, -0.2) is 0 Å². The molecule has 0 radical (unpaired) electrons. The molecule has 1 N–H and O–H groups in total. The number of likely N-dealkylation sites (tertiary alicyclic amines) is 1. The van der Waals surface area contributed by atoms with Crippen molar-refractivity contribution in [2.45, 2.75) is 18.9 Å². The van der Waals surface area contributed by atoms with Gasteiger partial charge in [-0.1, -0.05) is 34.1 Å². The Hall–Kier alpha value is -1.66. The number of aliphatic hydroxyl groups is 1. The number of fused-ring (bicyclic) bond motifs is 1. The number of aliphatic hydroxyl groups excluding tert-OH is 1. The third-order valence-electron chi connectivity index (χ3n) is 4.23. The van der Waals surface area contributed by atoms with Gasteiger partial charge in [-0.05, 0) is 31.0 Å². The second kappa shape index (κ2) is 6.84. The van der Waals surface area contributed by atoms with Crippen LogP contribution in [0.15, 0.2) is 40.9 Å². The molecule has 1 aliphatic carbocycles. The maximum Gasteiger partial charge on any atom is 0.233 e. The van der Waals surface area contributed by atoms with Crippen LogP contribution in [0.4, 0.5) is 0 Å². The molecule has 3 unspecified atom stereocenters. The predicted octanol–water partition coefficient (Wildman–Crippen LogP) is 2.14. The summed E-state index contributed by atoms with van der Waals surface area (Å²) in [6.07, 6.45) is 4.20. The van der Waals surface area contributed by atoms with Crippen LogP contribution in [0.3, 0.4) is 0 Å². The van der Waals surface area contributed by atoms with Gasteiger partial charge in [0.2, 0.25) is 11.8 Å². The van der Waals surface area contributed by atoms with Crippen LogP contribution >= 0.6 is 15.9 Å². The zero-order valence-electron chi connectivity index (χ0n) is 12.5. The van der Waals surface area contributed by atoms with E-state index in [1.165, 1.54) is 4.90 Å². The van der Waals surface area contributed by atoms with Gasteiger partial charge in [0.15, 0.2) is 0 Å². The van der Waals surface area contributed by atoms with E-state index in [1.54, 1.807) is 12.1 Å². The summed E-state index contributed by atoms with van der Waals surface area (Å²) in [5, 5.41) is 10.1. The van der Waals surface area contributed by atoms with E-state index >= 15 is 0 Å². The van der Waals surface area contributed by atoms with Gasteiger partial charge in [0.05, 0.1) is 18.4 Å². The Morgan fingerprint density at radius 3 is 2.48 bits per heavy atom. The molecule has 2 amide bonds. The number of hydrogen-bond acceptors (Lipinski definition) is 4. The normalized spacial score (nSPS) is 24.7. The van der Waals surface area contributed by atoms with Crippen molar-refractivity contribution in [2.24, 2.45) is 11.8 Å². The van der Waals surface area contributed by atoms with Gasteiger partial charge in [-0.15, -0.1) is 0 Å². The summed E-state index contributed by atoms with van der Waals surface area (Å²) in [4.78, 5) is 25.8. The Morgan fingerprint density at radius 2 is 1.87 bits per heavy atom. The topological polar surface area (TPSA) is 66.8 Å². The second-order valence-corrected chi connectivity index (χ2v) is 6.78. The molecular formula is C17H18BrNO4. The number of imide groups is 1. The first-order valence-electron chi connectivity index (χ1n) is 7.63. The Labute approximate surface area is 143 Å². The first-order chi connectivity index (χ1) is 11.1. The number of nitrogens with zero attached hydrogens (tertiary/aromatic N) is 1. The molecule has 1 aromatic carbocycles. The highest BCUT2D eigenvalue weighted by atomic mass is 79.9. The van der Waals surface area contributed by atoms with Crippen LogP contribution in [0.1, 0.15) is 12.8 Å². The van der Waals surface area contributed by atoms with E-state index in [9.17, 15) is 14.7 Å². The number of hydrogen-bond donors (Lipinski definition) is 1. The fourth-order valence-electron chi connectivity index (χ4n) is 3.06. The molecule has 0 bridgehead atoms. The lowest BCUT2D eigenvalue weighted by Gasteiger charge is -2.19. The Kier molecular flexibility index (Phi) is 4.82. The van der Waals surface area contributed by atoms with Crippen molar-refractivity contribution in [3.8, 4) is 5.75 Å². The highest BCUT2D eigenvalue weighted by Crippen LogP contribution is 2.35. The zero-order valence-corrected chi connectivity index (χ0v) is 14.1. The van der Waals surface area contributed by atoms with Crippen LogP contribution in [0.25, 0.3) is 0 Å². The molecule has 1 aliphatic heterocycles. The molecule has 1 fully saturated rings. The molecule has 122 valence electrons. The molecule has 5 nitrogen and oxygen atoms in total. The van der Waals surface area contributed by atoms with Crippen molar-refractivity contribution in [1.29, 1.82) is 0 Å². The molecule has 23 heavy (non-hydrogen) atoms. The van der Waals surface area contributed by atoms with Crippen molar-refractivity contribution >= 4 is 27.7 Å². The van der Waals surface area contributed by atoms with Crippen LogP contribution in [-0.2, 0) is 9.59 Å². The third kappa shape index (κ3) is 3.48. The van der Waals surface area contributed by atoms with Gasteiger partial charge in [-0.3, -0.25) is 14.5 Å². The smallest absolute Gasteiger partial charge is 0.233 e. The van der Waals surface area contributed by atoms with E-state index in [4.69, 9.17) is 4.74 Å². The van der Waals surface area contributed by atoms with Crippen LogP contribution in [0.5, 0.6) is 5.75 Å². The molecule has 1 heterocycles. The van der Waals surface area contributed by atoms with Gasteiger partial charge >= 0.3 is 0 Å². The molecule has 3 rings (SSSR count). The molecule has 0 spiro atoms. The monoisotopic (exact) mass is 379 g/mol. The number of β-amino-alcohol motifs (C(OH)–C–C–N with tert-alkyl or cyclic N) is 1. The average Bonchev–Trinajstić information content (AvgIpc) is 2.79. The van der Waals surface area contributed by atoms with Gasteiger partial charge in [0.1, 0.15) is 18.5 Å². The summed E-state index contributed by atoms with van der Waals surface area (Å²) in [6, 6.07) is 7.28. The van der Waals surface area contributed by atoms with Gasteiger partial charge in [-0.2, -0.15) is 0 Å². The predicted molar refractivity (Wildman–Crippen MR) is 87.7 cm³/mol. The standard InChI is InChI=1S/C17H18BrNO4/c18-11-4-3-5-13(8-11)23-10-12(20)9-19-16(21)14-6-1-2-7-15(14)17(19)22/h1-5,8,12,14-15,20H,6-7,9-10H2. The number of benzene rings is 1. The molecule has 3 atom stereocenters. The summed E-state index contributed by atoms with van der Waals surface area (Å²) in [5.41, 5.74) is 0. The number of allylic oxidation sites excluding steroid dienone is 2. The minimum Gasteiger partial charge on any atom is -0.491 e. The van der Waals surface area contributed by atoms with Crippen molar-refractivity contribution in [1.82, 2.24) is 4.90 Å². The quantitative estimate of drug-likeness (QED) is 0.628. The molecule has 1 aromatic rings. The Balaban J connectivity index is 1.56. The maximum absolute atomic E-state index is 12.3. The van der Waals surface area contributed by atoms with Crippen molar-refractivity contribution < 1.29 is 19.4 Å². The number of carbonyl (C=O) groups excluding carboxylic acids is 2. The average molecular weight is 380 g/mol. The lowest BCUT2D eigenvalue weighted by atomic mass is 9.85. The van der Waals surface area contributed by atoms with Crippen molar-refractivity contribution in [2.75, 3.05) is 13.2 Å². The molecule has 0 aromatic heterocycles. The minimum atomic E-state index is -0.907. The van der Waals surface area contributed by atoms with E-state index in [0.717, 1.165) is 4.47 Å². The van der Waals surface area contributed by atoms with Crippen molar-refractivity contribution in [3.63, 3.8) is 0 Å². The lowest BCUT2D eigenvalue weighted by molar-refractivity contribution is -0.141. The van der Waals surface area contributed by atoms with Gasteiger partial charge < -0.3 is 9.84 Å². The molecule has 2 aliphatic rings. The largest absolute Gasteiger partial charge is 0.491 e. The van der Waals surface area contributed by atoms with Crippen LogP contribution < -0.4 is 4.74 Å². The maximum atomic E-state index is 12.3. The Morgan fingerprint density at radius 1 is 1.22 bits per heavy atom. The summed E-state index contributed by atoms with van der Waals surface area (Å²) in [7, 11) is 0. The summed E-state index contributed by atoms with van der Waals surface area (Å²) in [5.74, 6) is -0.247. The summed E-state index contributed by atoms with van der Waals surface area (Å²) >= 11 is 3.34.